The van der Waals surface area contributed by atoms with Crippen LogP contribution in [0.2, 0.25) is 0 Å². The summed E-state index contributed by atoms with van der Waals surface area (Å²) in [5.74, 6) is -0.394. The van der Waals surface area contributed by atoms with Crippen LogP contribution in [0.4, 0.5) is 0 Å². The van der Waals surface area contributed by atoms with Gasteiger partial charge in [-0.05, 0) is 40.9 Å². The Kier molecular flexibility index (Phi) is 6.20. The molecule has 0 radical (unpaired) electrons. The van der Waals surface area contributed by atoms with Gasteiger partial charge in [0.25, 0.3) is 5.91 Å². The lowest BCUT2D eigenvalue weighted by molar-refractivity contribution is -0.123. The molecule has 0 saturated heterocycles. The lowest BCUT2D eigenvalue weighted by Crippen LogP contribution is -2.47. The minimum Gasteiger partial charge on any atom is -0.349 e. The fraction of sp³-hybridized carbons (Fsp3) is 0.200. The number of amides is 2. The second-order valence-corrected chi connectivity index (χ2v) is 7.89. The summed E-state index contributed by atoms with van der Waals surface area (Å²) in [4.78, 5) is 26.9. The summed E-state index contributed by atoms with van der Waals surface area (Å²) in [6, 6.07) is 14.7. The minimum atomic E-state index is -0.618. The van der Waals surface area contributed by atoms with E-state index in [2.05, 4.69) is 10.6 Å². The molecule has 2 N–H and O–H groups in total. The predicted octanol–water partition coefficient (Wildman–Crippen LogP) is 3.78. The minimum absolute atomic E-state index is 0.174. The van der Waals surface area contributed by atoms with Gasteiger partial charge in [0.1, 0.15) is 6.04 Å². The molecule has 3 rings (SSSR count). The molecule has 2 amide bonds. The molecular formula is C20H20N2O2S2. The Morgan fingerprint density at radius 3 is 2.46 bits per heavy atom. The first-order valence-electron chi connectivity index (χ1n) is 8.32. The van der Waals surface area contributed by atoms with Gasteiger partial charge in [0.15, 0.2) is 0 Å². The van der Waals surface area contributed by atoms with E-state index in [1.165, 1.54) is 11.3 Å². The van der Waals surface area contributed by atoms with Crippen LogP contribution in [0.15, 0.2) is 59.3 Å². The smallest absolute Gasteiger partial charge is 0.262 e. The quantitative estimate of drug-likeness (QED) is 0.651. The van der Waals surface area contributed by atoms with Crippen molar-refractivity contribution in [2.45, 2.75) is 25.9 Å². The summed E-state index contributed by atoms with van der Waals surface area (Å²) >= 11 is 2.98. The highest BCUT2D eigenvalue weighted by atomic mass is 32.1. The van der Waals surface area contributed by atoms with E-state index in [0.29, 0.717) is 17.8 Å². The van der Waals surface area contributed by atoms with E-state index >= 15 is 0 Å². The van der Waals surface area contributed by atoms with Gasteiger partial charge in [0.05, 0.1) is 11.4 Å². The molecule has 0 aliphatic heterocycles. The van der Waals surface area contributed by atoms with Crippen molar-refractivity contribution in [3.8, 4) is 0 Å². The zero-order valence-corrected chi connectivity index (χ0v) is 16.0. The Morgan fingerprint density at radius 1 is 1.00 bits per heavy atom. The summed E-state index contributed by atoms with van der Waals surface area (Å²) in [7, 11) is 0. The van der Waals surface area contributed by atoms with Gasteiger partial charge >= 0.3 is 0 Å². The Morgan fingerprint density at radius 2 is 1.81 bits per heavy atom. The maximum Gasteiger partial charge on any atom is 0.262 e. The van der Waals surface area contributed by atoms with Crippen LogP contribution in [0.5, 0.6) is 0 Å². The molecule has 3 aromatic rings. The van der Waals surface area contributed by atoms with Crippen molar-refractivity contribution in [3.63, 3.8) is 0 Å². The molecule has 0 spiro atoms. The van der Waals surface area contributed by atoms with Gasteiger partial charge in [-0.1, -0.05) is 36.4 Å². The highest BCUT2D eigenvalue weighted by molar-refractivity contribution is 7.12. The third-order valence-corrected chi connectivity index (χ3v) is 5.93. The third-order valence-electron chi connectivity index (χ3n) is 4.04. The third kappa shape index (κ3) is 4.80. The SMILES string of the molecule is Cc1ccsc1CNC(=O)C(Cc1ccccc1)NC(=O)c1cccs1. The molecule has 0 aliphatic carbocycles. The van der Waals surface area contributed by atoms with E-state index in [-0.39, 0.29) is 11.8 Å². The van der Waals surface area contributed by atoms with Gasteiger partial charge in [-0.15, -0.1) is 22.7 Å². The summed E-state index contributed by atoms with van der Waals surface area (Å²) in [6.45, 7) is 2.50. The highest BCUT2D eigenvalue weighted by Crippen LogP contribution is 2.15. The maximum atomic E-state index is 12.7. The van der Waals surface area contributed by atoms with Crippen LogP contribution < -0.4 is 10.6 Å². The monoisotopic (exact) mass is 384 g/mol. The first-order valence-corrected chi connectivity index (χ1v) is 10.1. The van der Waals surface area contributed by atoms with E-state index in [1.807, 2.05) is 60.1 Å². The van der Waals surface area contributed by atoms with Gasteiger partial charge in [0.2, 0.25) is 5.91 Å². The van der Waals surface area contributed by atoms with Crippen molar-refractivity contribution < 1.29 is 9.59 Å². The van der Waals surface area contributed by atoms with Crippen molar-refractivity contribution in [2.24, 2.45) is 0 Å². The zero-order valence-electron chi connectivity index (χ0n) is 14.4. The zero-order chi connectivity index (χ0) is 18.4. The Hall–Kier alpha value is -2.44. The number of carbonyl (C=O) groups excluding carboxylic acids is 2. The van der Waals surface area contributed by atoms with Crippen LogP contribution in [0.3, 0.4) is 0 Å². The van der Waals surface area contributed by atoms with Gasteiger partial charge in [-0.3, -0.25) is 9.59 Å². The Bertz CT molecular complexity index is 857. The molecule has 0 fully saturated rings. The highest BCUT2D eigenvalue weighted by Gasteiger charge is 2.22. The molecule has 0 saturated carbocycles. The van der Waals surface area contributed by atoms with Crippen molar-refractivity contribution in [1.82, 2.24) is 10.6 Å². The number of rotatable bonds is 7. The van der Waals surface area contributed by atoms with Crippen molar-refractivity contribution in [2.75, 3.05) is 0 Å². The average Bonchev–Trinajstić information content (AvgIpc) is 3.32. The predicted molar refractivity (Wildman–Crippen MR) is 107 cm³/mol. The lowest BCUT2D eigenvalue weighted by atomic mass is 10.0. The number of nitrogens with one attached hydrogen (secondary N) is 2. The molecule has 4 nitrogen and oxygen atoms in total. The number of thiophene rings is 2. The van der Waals surface area contributed by atoms with Gasteiger partial charge in [0, 0.05) is 11.3 Å². The van der Waals surface area contributed by atoms with Crippen LogP contribution in [-0.4, -0.2) is 17.9 Å². The summed E-state index contributed by atoms with van der Waals surface area (Å²) in [5.41, 5.74) is 2.17. The van der Waals surface area contributed by atoms with Gasteiger partial charge in [-0.25, -0.2) is 0 Å². The molecule has 2 heterocycles. The normalized spacial score (nSPS) is 11.7. The second kappa shape index (κ2) is 8.78. The standard InChI is InChI=1S/C20H20N2O2S2/c1-14-9-11-26-18(14)13-21-19(23)16(12-15-6-3-2-4-7-15)22-20(24)17-8-5-10-25-17/h2-11,16H,12-13H2,1H3,(H,21,23)(H,22,24). The molecule has 0 aliphatic rings. The average molecular weight is 385 g/mol. The van der Waals surface area contributed by atoms with Crippen LogP contribution >= 0.6 is 22.7 Å². The van der Waals surface area contributed by atoms with E-state index in [1.54, 1.807) is 17.4 Å². The van der Waals surface area contributed by atoms with E-state index in [0.717, 1.165) is 16.0 Å². The van der Waals surface area contributed by atoms with E-state index in [9.17, 15) is 9.59 Å². The van der Waals surface area contributed by atoms with Crippen molar-refractivity contribution in [1.29, 1.82) is 0 Å². The summed E-state index contributed by atoms with van der Waals surface area (Å²) in [6.07, 6.45) is 0.452. The molecule has 2 aromatic heterocycles. The van der Waals surface area contributed by atoms with E-state index < -0.39 is 6.04 Å². The molecular weight excluding hydrogens is 364 g/mol. The molecule has 26 heavy (non-hydrogen) atoms. The first kappa shape index (κ1) is 18.4. The molecule has 0 bridgehead atoms. The number of hydrogen-bond acceptors (Lipinski definition) is 4. The van der Waals surface area contributed by atoms with Crippen LogP contribution in [0.1, 0.15) is 25.7 Å². The van der Waals surface area contributed by atoms with Crippen molar-refractivity contribution in [3.05, 3.63) is 80.2 Å². The number of hydrogen-bond donors (Lipinski definition) is 2. The number of carbonyl (C=O) groups is 2. The van der Waals surface area contributed by atoms with Gasteiger partial charge < -0.3 is 10.6 Å². The van der Waals surface area contributed by atoms with Crippen LogP contribution in [-0.2, 0) is 17.8 Å². The topological polar surface area (TPSA) is 58.2 Å². The molecule has 6 heteroatoms. The lowest BCUT2D eigenvalue weighted by Gasteiger charge is -2.18. The van der Waals surface area contributed by atoms with E-state index in [4.69, 9.17) is 0 Å². The first-order chi connectivity index (χ1) is 12.6. The second-order valence-electron chi connectivity index (χ2n) is 5.94. The van der Waals surface area contributed by atoms with Crippen molar-refractivity contribution >= 4 is 34.5 Å². The summed E-state index contributed by atoms with van der Waals surface area (Å²) in [5, 5.41) is 9.69. The molecule has 1 unspecified atom stereocenters. The molecule has 1 atom stereocenters. The Balaban J connectivity index is 1.69. The molecule has 134 valence electrons. The Labute approximate surface area is 160 Å². The van der Waals surface area contributed by atoms with Crippen LogP contribution in [0.25, 0.3) is 0 Å². The largest absolute Gasteiger partial charge is 0.349 e. The fourth-order valence-electron chi connectivity index (χ4n) is 2.57. The van der Waals surface area contributed by atoms with Gasteiger partial charge in [-0.2, -0.15) is 0 Å². The molecule has 1 aromatic carbocycles. The summed E-state index contributed by atoms with van der Waals surface area (Å²) < 4.78 is 0. The number of benzene rings is 1. The number of aryl methyl sites for hydroxylation is 1. The van der Waals surface area contributed by atoms with Crippen LogP contribution in [0, 0.1) is 6.92 Å². The maximum absolute atomic E-state index is 12.7. The fourth-order valence-corrected chi connectivity index (χ4v) is 4.04.